The van der Waals surface area contributed by atoms with Crippen molar-refractivity contribution in [1.82, 2.24) is 10.3 Å². The largest absolute Gasteiger partial charge is 0.488 e. The van der Waals surface area contributed by atoms with Gasteiger partial charge < -0.3 is 19.8 Å². The molecule has 4 heteroatoms. The number of hydrogen-bond acceptors (Lipinski definition) is 3. The van der Waals surface area contributed by atoms with Crippen LogP contribution in [0.5, 0.6) is 5.75 Å². The molecule has 0 unspecified atom stereocenters. The van der Waals surface area contributed by atoms with Crippen molar-refractivity contribution in [3.63, 3.8) is 0 Å². The van der Waals surface area contributed by atoms with Gasteiger partial charge in [0.25, 0.3) is 0 Å². The van der Waals surface area contributed by atoms with Crippen LogP contribution >= 0.6 is 0 Å². The minimum atomic E-state index is -0.184. The SMILES string of the molecule is Cc1cc(C)cc(-c2[nH]c3ccccc3c2CCNCCOCc2ccc(OC(C)(C)C)cc2)c1. The quantitative estimate of drug-likeness (QED) is 0.246. The zero-order chi connectivity index (χ0) is 24.8. The number of aromatic nitrogens is 1. The number of aryl methyl sites for hydroxylation is 2. The van der Waals surface area contributed by atoms with Gasteiger partial charge in [-0.1, -0.05) is 47.5 Å². The molecule has 0 bridgehead atoms. The Kier molecular flexibility index (Phi) is 7.94. The van der Waals surface area contributed by atoms with Gasteiger partial charge in [-0.15, -0.1) is 0 Å². The maximum Gasteiger partial charge on any atom is 0.120 e. The van der Waals surface area contributed by atoms with E-state index in [4.69, 9.17) is 9.47 Å². The number of benzene rings is 3. The molecule has 1 aromatic heterocycles. The molecule has 0 saturated carbocycles. The second-order valence-corrected chi connectivity index (χ2v) is 10.3. The molecule has 35 heavy (non-hydrogen) atoms. The van der Waals surface area contributed by atoms with E-state index in [1.165, 1.54) is 38.9 Å². The Hall–Kier alpha value is -3.08. The Balaban J connectivity index is 1.28. The summed E-state index contributed by atoms with van der Waals surface area (Å²) in [6.07, 6.45) is 0.960. The number of ether oxygens (including phenoxy) is 2. The molecule has 4 nitrogen and oxygen atoms in total. The third-order valence-corrected chi connectivity index (χ3v) is 5.92. The highest BCUT2D eigenvalue weighted by Gasteiger charge is 2.14. The van der Waals surface area contributed by atoms with Crippen LogP contribution in [-0.2, 0) is 17.8 Å². The van der Waals surface area contributed by atoms with Gasteiger partial charge in [-0.3, -0.25) is 0 Å². The summed E-state index contributed by atoms with van der Waals surface area (Å²) in [6.45, 7) is 13.5. The zero-order valence-electron chi connectivity index (χ0n) is 21.7. The molecule has 0 saturated heterocycles. The highest BCUT2D eigenvalue weighted by Crippen LogP contribution is 2.31. The van der Waals surface area contributed by atoms with Gasteiger partial charge in [0.2, 0.25) is 0 Å². The Morgan fingerprint density at radius 1 is 0.857 bits per heavy atom. The molecule has 1 heterocycles. The first kappa shape index (κ1) is 25.0. The van der Waals surface area contributed by atoms with Crippen molar-refractivity contribution in [2.45, 2.75) is 53.2 Å². The van der Waals surface area contributed by atoms with Crippen molar-refractivity contribution in [3.8, 4) is 17.0 Å². The van der Waals surface area contributed by atoms with Gasteiger partial charge >= 0.3 is 0 Å². The highest BCUT2D eigenvalue weighted by molar-refractivity contribution is 5.91. The van der Waals surface area contributed by atoms with Gasteiger partial charge in [-0.2, -0.15) is 0 Å². The lowest BCUT2D eigenvalue weighted by Gasteiger charge is -2.21. The molecular formula is C31H38N2O2. The van der Waals surface area contributed by atoms with E-state index in [2.05, 4.69) is 99.5 Å². The molecule has 184 valence electrons. The van der Waals surface area contributed by atoms with E-state index in [-0.39, 0.29) is 5.60 Å². The number of nitrogens with one attached hydrogen (secondary N) is 2. The van der Waals surface area contributed by atoms with Crippen molar-refractivity contribution in [2.24, 2.45) is 0 Å². The summed E-state index contributed by atoms with van der Waals surface area (Å²) in [7, 11) is 0. The van der Waals surface area contributed by atoms with Crippen LogP contribution in [0.1, 0.15) is 43.0 Å². The van der Waals surface area contributed by atoms with Crippen molar-refractivity contribution < 1.29 is 9.47 Å². The Morgan fingerprint density at radius 2 is 1.57 bits per heavy atom. The molecule has 3 aromatic carbocycles. The molecule has 0 fully saturated rings. The summed E-state index contributed by atoms with van der Waals surface area (Å²) in [6, 6.07) is 23.5. The second-order valence-electron chi connectivity index (χ2n) is 10.3. The second kappa shape index (κ2) is 11.1. The van der Waals surface area contributed by atoms with Crippen molar-refractivity contribution in [2.75, 3.05) is 19.7 Å². The lowest BCUT2D eigenvalue weighted by atomic mass is 9.99. The van der Waals surface area contributed by atoms with E-state index >= 15 is 0 Å². The Labute approximate surface area is 209 Å². The minimum absolute atomic E-state index is 0.184. The summed E-state index contributed by atoms with van der Waals surface area (Å²) in [5.41, 5.74) is 8.60. The number of H-pyrrole nitrogens is 1. The summed E-state index contributed by atoms with van der Waals surface area (Å²) in [5.74, 6) is 0.889. The normalized spacial score (nSPS) is 11.8. The van der Waals surface area contributed by atoms with Crippen LogP contribution in [0.2, 0.25) is 0 Å². The van der Waals surface area contributed by atoms with E-state index < -0.39 is 0 Å². The summed E-state index contributed by atoms with van der Waals surface area (Å²) >= 11 is 0. The monoisotopic (exact) mass is 470 g/mol. The molecule has 4 aromatic rings. The number of para-hydroxylation sites is 1. The van der Waals surface area contributed by atoms with E-state index in [0.29, 0.717) is 13.2 Å². The van der Waals surface area contributed by atoms with Gasteiger partial charge in [0.1, 0.15) is 11.4 Å². The van der Waals surface area contributed by atoms with Gasteiger partial charge in [-0.25, -0.2) is 0 Å². The van der Waals surface area contributed by atoms with Crippen LogP contribution < -0.4 is 10.1 Å². The van der Waals surface area contributed by atoms with E-state index in [0.717, 1.165) is 30.8 Å². The van der Waals surface area contributed by atoms with Crippen molar-refractivity contribution >= 4 is 10.9 Å². The topological polar surface area (TPSA) is 46.3 Å². The average molecular weight is 471 g/mol. The van der Waals surface area contributed by atoms with Crippen LogP contribution in [0.15, 0.2) is 66.7 Å². The first-order valence-electron chi connectivity index (χ1n) is 12.5. The van der Waals surface area contributed by atoms with Gasteiger partial charge in [-0.05, 0) is 94.6 Å². The van der Waals surface area contributed by atoms with Gasteiger partial charge in [0.05, 0.1) is 13.2 Å². The zero-order valence-corrected chi connectivity index (χ0v) is 21.7. The summed E-state index contributed by atoms with van der Waals surface area (Å²) < 4.78 is 11.8. The predicted octanol–water partition coefficient (Wildman–Crippen LogP) is 6.98. The predicted molar refractivity (Wildman–Crippen MR) is 146 cm³/mol. The molecule has 0 aliphatic carbocycles. The molecule has 0 amide bonds. The smallest absolute Gasteiger partial charge is 0.120 e. The molecular weight excluding hydrogens is 432 g/mol. The van der Waals surface area contributed by atoms with Crippen LogP contribution in [0.4, 0.5) is 0 Å². The fraction of sp³-hybridized carbons (Fsp3) is 0.355. The molecule has 2 N–H and O–H groups in total. The third-order valence-electron chi connectivity index (χ3n) is 5.92. The molecule has 0 aliphatic rings. The molecule has 0 spiro atoms. The number of fused-ring (bicyclic) bond motifs is 1. The molecule has 0 radical (unpaired) electrons. The standard InChI is InChI=1S/C31H38N2O2/c1-22-18-23(2)20-25(19-22)30-28(27-8-6-7-9-29(27)33-30)14-15-32-16-17-34-21-24-10-12-26(13-11-24)35-31(3,4)5/h6-13,18-20,32-33H,14-17,21H2,1-5H3. The van der Waals surface area contributed by atoms with Crippen molar-refractivity contribution in [1.29, 1.82) is 0 Å². The van der Waals surface area contributed by atoms with E-state index in [1.54, 1.807) is 0 Å². The van der Waals surface area contributed by atoms with Gasteiger partial charge in [0.15, 0.2) is 0 Å². The first-order chi connectivity index (χ1) is 16.8. The fourth-order valence-corrected chi connectivity index (χ4v) is 4.51. The molecule has 0 atom stereocenters. The average Bonchev–Trinajstić information content (AvgIpc) is 3.16. The maximum atomic E-state index is 5.88. The Bertz CT molecular complexity index is 1230. The number of rotatable bonds is 10. The van der Waals surface area contributed by atoms with E-state index in [9.17, 15) is 0 Å². The van der Waals surface area contributed by atoms with Crippen LogP contribution in [0.3, 0.4) is 0 Å². The fourth-order valence-electron chi connectivity index (χ4n) is 4.51. The van der Waals surface area contributed by atoms with Gasteiger partial charge in [0, 0.05) is 23.1 Å². The van der Waals surface area contributed by atoms with Crippen LogP contribution in [-0.4, -0.2) is 30.3 Å². The lowest BCUT2D eigenvalue weighted by molar-refractivity contribution is 0.122. The maximum absolute atomic E-state index is 5.88. The summed E-state index contributed by atoms with van der Waals surface area (Å²) in [5, 5.41) is 4.86. The lowest BCUT2D eigenvalue weighted by Crippen LogP contribution is -2.23. The molecule has 0 aliphatic heterocycles. The van der Waals surface area contributed by atoms with Crippen LogP contribution in [0.25, 0.3) is 22.2 Å². The van der Waals surface area contributed by atoms with Crippen LogP contribution in [0, 0.1) is 13.8 Å². The number of aromatic amines is 1. The first-order valence-corrected chi connectivity index (χ1v) is 12.5. The Morgan fingerprint density at radius 3 is 2.29 bits per heavy atom. The van der Waals surface area contributed by atoms with E-state index in [1.807, 2.05) is 12.1 Å². The number of hydrogen-bond donors (Lipinski definition) is 2. The third kappa shape index (κ3) is 6.97. The highest BCUT2D eigenvalue weighted by atomic mass is 16.5. The summed E-state index contributed by atoms with van der Waals surface area (Å²) in [4.78, 5) is 3.67. The van der Waals surface area contributed by atoms with Crippen molar-refractivity contribution in [3.05, 3.63) is 89.0 Å². The molecule has 4 rings (SSSR count). The minimum Gasteiger partial charge on any atom is -0.488 e.